The second-order valence-corrected chi connectivity index (χ2v) is 25.3. The highest BCUT2D eigenvalue weighted by Crippen LogP contribution is 2.26. The number of hydrogen-bond acceptors (Lipinski definition) is 10. The molecule has 1 aliphatic rings. The van der Waals surface area contributed by atoms with Crippen molar-refractivity contribution < 1.29 is 49.3 Å². The van der Waals surface area contributed by atoms with Gasteiger partial charge in [-0.3, -0.25) is 9.59 Å². The molecule has 0 spiro atoms. The van der Waals surface area contributed by atoms with Crippen LogP contribution in [0, 0.1) is 0 Å². The Balaban J connectivity index is 2.56. The molecule has 0 aromatic carbocycles. The van der Waals surface area contributed by atoms with E-state index in [-0.39, 0.29) is 19.4 Å². The first kappa shape index (κ1) is 81.4. The lowest BCUT2D eigenvalue weighted by molar-refractivity contribution is -0.305. The van der Waals surface area contributed by atoms with Crippen molar-refractivity contribution in [3.63, 3.8) is 0 Å². The number of esters is 1. The zero-order valence-corrected chi connectivity index (χ0v) is 55.9. The van der Waals surface area contributed by atoms with Gasteiger partial charge in [-0.25, -0.2) is 0 Å². The van der Waals surface area contributed by atoms with E-state index < -0.39 is 67.4 Å². The summed E-state index contributed by atoms with van der Waals surface area (Å²) >= 11 is 0. The lowest BCUT2D eigenvalue weighted by Gasteiger charge is -2.41. The average Bonchev–Trinajstić information content (AvgIpc) is 3.68. The van der Waals surface area contributed by atoms with Gasteiger partial charge in [0, 0.05) is 6.42 Å². The molecule has 1 heterocycles. The number of hydrogen-bond donors (Lipinski definition) is 6. The first-order valence-corrected chi connectivity index (χ1v) is 36.6. The number of carbonyl (C=O) groups excluding carboxylic acids is 2. The molecule has 8 unspecified atom stereocenters. The van der Waals surface area contributed by atoms with Crippen molar-refractivity contribution in [1.29, 1.82) is 0 Å². The maximum atomic E-state index is 13.5. The summed E-state index contributed by atoms with van der Waals surface area (Å²) in [6.07, 6.45) is 69.7. The van der Waals surface area contributed by atoms with Crippen LogP contribution in [-0.4, -0.2) is 99.6 Å². The van der Waals surface area contributed by atoms with Gasteiger partial charge in [0.05, 0.1) is 25.4 Å². The fraction of sp³-hybridized carbons (Fsp3) is 0.840. The fourth-order valence-electron chi connectivity index (χ4n) is 11.4. The molecule has 0 aliphatic carbocycles. The number of unbranched alkanes of at least 4 members (excludes halogenated alkanes) is 41. The maximum Gasteiger partial charge on any atom is 0.306 e. The van der Waals surface area contributed by atoms with Crippen LogP contribution in [0.3, 0.4) is 0 Å². The Labute approximate surface area is 528 Å². The summed E-state index contributed by atoms with van der Waals surface area (Å²) in [6.45, 7) is 5.80. The van der Waals surface area contributed by atoms with Crippen molar-refractivity contribution in [1.82, 2.24) is 5.32 Å². The summed E-state index contributed by atoms with van der Waals surface area (Å²) in [5.41, 5.74) is 0. The molecule has 1 amide bonds. The van der Waals surface area contributed by atoms with Crippen LogP contribution in [0.4, 0.5) is 0 Å². The molecule has 11 heteroatoms. The summed E-state index contributed by atoms with van der Waals surface area (Å²) in [6, 6.07) is -1.03. The highest BCUT2D eigenvalue weighted by molar-refractivity contribution is 5.80. The predicted molar refractivity (Wildman–Crippen MR) is 361 cm³/mol. The molecule has 11 nitrogen and oxygen atoms in total. The van der Waals surface area contributed by atoms with E-state index in [9.17, 15) is 35.1 Å². The van der Waals surface area contributed by atoms with Crippen molar-refractivity contribution in [2.45, 2.75) is 391 Å². The maximum absolute atomic E-state index is 13.5. The number of ether oxygens (including phenoxy) is 3. The van der Waals surface area contributed by atoms with Crippen LogP contribution < -0.4 is 5.32 Å². The normalized spacial score (nSPS) is 18.6. The molecule has 1 saturated heterocycles. The Morgan fingerprint density at radius 2 is 0.802 bits per heavy atom. The monoisotopic (exact) mass is 1210 g/mol. The topological polar surface area (TPSA) is 175 Å². The second-order valence-electron chi connectivity index (χ2n) is 25.3. The molecule has 1 fully saturated rings. The van der Waals surface area contributed by atoms with Gasteiger partial charge in [-0.05, 0) is 89.9 Å². The molecule has 0 radical (unpaired) electrons. The Kier molecular flexibility index (Phi) is 59.2. The first-order valence-electron chi connectivity index (χ1n) is 36.6. The summed E-state index contributed by atoms with van der Waals surface area (Å²) in [5, 5.41) is 57.3. The van der Waals surface area contributed by atoms with Gasteiger partial charge < -0.3 is 45.1 Å². The molecule has 6 N–H and O–H groups in total. The fourth-order valence-corrected chi connectivity index (χ4v) is 11.4. The molecule has 502 valence electrons. The van der Waals surface area contributed by atoms with Gasteiger partial charge in [0.15, 0.2) is 12.4 Å². The van der Waals surface area contributed by atoms with Crippen molar-refractivity contribution in [2.75, 3.05) is 13.2 Å². The third kappa shape index (κ3) is 49.2. The van der Waals surface area contributed by atoms with E-state index in [4.69, 9.17) is 14.2 Å². The minimum atomic E-state index is -1.61. The Morgan fingerprint density at radius 3 is 1.23 bits per heavy atom. The molecule has 1 aliphatic heterocycles. The van der Waals surface area contributed by atoms with E-state index >= 15 is 0 Å². The second kappa shape index (κ2) is 62.5. The Hall–Kier alpha value is -2.64. The number of aliphatic hydroxyl groups excluding tert-OH is 5. The van der Waals surface area contributed by atoms with E-state index in [1.807, 2.05) is 6.08 Å². The van der Waals surface area contributed by atoms with Gasteiger partial charge in [0.2, 0.25) is 5.91 Å². The highest BCUT2D eigenvalue weighted by atomic mass is 16.7. The molecular weight excluding hydrogens is 1070 g/mol. The molecule has 0 aromatic rings. The van der Waals surface area contributed by atoms with Gasteiger partial charge in [-0.1, -0.05) is 306 Å². The van der Waals surface area contributed by atoms with Gasteiger partial charge in [-0.2, -0.15) is 0 Å². The largest absolute Gasteiger partial charge is 0.454 e. The summed E-state index contributed by atoms with van der Waals surface area (Å²) in [5.74, 6) is -1.19. The minimum absolute atomic E-state index is 0.124. The number of aliphatic hydroxyl groups is 5. The number of rotatable bonds is 63. The van der Waals surface area contributed by atoms with Crippen LogP contribution in [0.1, 0.15) is 342 Å². The SMILES string of the molecule is CCCCC/C=C\C/C=C\C/C=C\CCCCCCCCCCCCCC(O)C(=O)NC(COC1OC(CO)C(O)C(O)C1OC(=O)CCCCCCCCCCCCC/C=C/CCCCCCCC)C(O)/C=C/CCCCCCCCCCCC. The molecule has 86 heavy (non-hydrogen) atoms. The quantitative estimate of drug-likeness (QED) is 0.0195. The van der Waals surface area contributed by atoms with Gasteiger partial charge in [0.25, 0.3) is 0 Å². The van der Waals surface area contributed by atoms with E-state index in [2.05, 4.69) is 74.7 Å². The van der Waals surface area contributed by atoms with E-state index in [0.29, 0.717) is 12.8 Å². The summed E-state index contributed by atoms with van der Waals surface area (Å²) in [4.78, 5) is 26.7. The first-order chi connectivity index (χ1) is 42.2. The van der Waals surface area contributed by atoms with Gasteiger partial charge in [0.1, 0.15) is 24.4 Å². The van der Waals surface area contributed by atoms with E-state index in [1.165, 1.54) is 218 Å². The zero-order valence-electron chi connectivity index (χ0n) is 55.9. The Bertz CT molecular complexity index is 1630. The minimum Gasteiger partial charge on any atom is -0.454 e. The van der Waals surface area contributed by atoms with Gasteiger partial charge in [-0.15, -0.1) is 0 Å². The third-order valence-electron chi connectivity index (χ3n) is 17.1. The van der Waals surface area contributed by atoms with Crippen molar-refractivity contribution in [2.24, 2.45) is 0 Å². The predicted octanol–water partition coefficient (Wildman–Crippen LogP) is 18.9. The van der Waals surface area contributed by atoms with Crippen LogP contribution >= 0.6 is 0 Å². The smallest absolute Gasteiger partial charge is 0.306 e. The van der Waals surface area contributed by atoms with Crippen molar-refractivity contribution in [3.8, 4) is 0 Å². The van der Waals surface area contributed by atoms with E-state index in [0.717, 1.165) is 77.0 Å². The highest BCUT2D eigenvalue weighted by Gasteiger charge is 2.47. The van der Waals surface area contributed by atoms with Crippen molar-refractivity contribution in [3.05, 3.63) is 60.8 Å². The molecule has 0 saturated carbocycles. The van der Waals surface area contributed by atoms with Crippen LogP contribution in [-0.2, 0) is 23.8 Å². The number of amides is 1. The Morgan fingerprint density at radius 1 is 0.453 bits per heavy atom. The zero-order chi connectivity index (χ0) is 62.4. The molecule has 0 aromatic heterocycles. The number of allylic oxidation sites excluding steroid dienone is 9. The average molecular weight is 1210 g/mol. The van der Waals surface area contributed by atoms with E-state index in [1.54, 1.807) is 6.08 Å². The lowest BCUT2D eigenvalue weighted by Crippen LogP contribution is -2.61. The third-order valence-corrected chi connectivity index (χ3v) is 17.1. The standard InChI is InChI=1S/C75H137NO10/c1-4-7-10-13-16-19-22-25-27-29-31-33-34-35-37-38-40-42-44-47-50-53-56-59-62-68(79)74(83)76-66(67(78)61-58-55-52-49-46-24-21-18-15-12-9-6-3)65-84-75-73(72(82)71(81)69(64-77)85-75)86-70(80)63-60-57-54-51-48-45-43-41-39-36-32-30-28-26-23-20-17-14-11-8-5-2/h16,19,25-28,31,33,58,61,66-69,71-73,75,77-79,81-82H,4-15,17-18,20-24,29-30,32,34-57,59-60,62-65H2,1-3H3,(H,76,83)/b19-16-,27-25-,28-26+,33-31-,61-58+. The van der Waals surface area contributed by atoms with Crippen LogP contribution in [0.15, 0.2) is 60.8 Å². The van der Waals surface area contributed by atoms with Crippen molar-refractivity contribution >= 4 is 11.9 Å². The van der Waals surface area contributed by atoms with Crippen LogP contribution in [0.25, 0.3) is 0 Å². The summed E-state index contributed by atoms with van der Waals surface area (Å²) in [7, 11) is 0. The van der Waals surface area contributed by atoms with Crippen LogP contribution in [0.2, 0.25) is 0 Å². The number of carbonyl (C=O) groups is 2. The molecule has 1 rings (SSSR count). The molecule has 8 atom stereocenters. The molecular formula is C75H137NO10. The molecule has 0 bridgehead atoms. The summed E-state index contributed by atoms with van der Waals surface area (Å²) < 4.78 is 17.7. The number of nitrogens with one attached hydrogen (secondary N) is 1. The lowest BCUT2D eigenvalue weighted by atomic mass is 9.99. The van der Waals surface area contributed by atoms with Crippen LogP contribution in [0.5, 0.6) is 0 Å². The van der Waals surface area contributed by atoms with Gasteiger partial charge >= 0.3 is 5.97 Å².